The van der Waals surface area contributed by atoms with Crippen LogP contribution >= 0.6 is 0 Å². The Balaban J connectivity index is 1.95. The quantitative estimate of drug-likeness (QED) is 0.796. The van der Waals surface area contributed by atoms with Gasteiger partial charge in [-0.2, -0.15) is 0 Å². The molecule has 1 aliphatic rings. The molecule has 0 radical (unpaired) electrons. The number of nitrogens with zero attached hydrogens (tertiary/aromatic N) is 1. The molecule has 5 nitrogen and oxygen atoms in total. The maximum absolute atomic E-state index is 13.3. The number of pyridine rings is 1. The Kier molecular flexibility index (Phi) is 4.36. The second-order valence-corrected chi connectivity index (χ2v) is 5.65. The zero-order valence-electron chi connectivity index (χ0n) is 12.5. The summed E-state index contributed by atoms with van der Waals surface area (Å²) < 4.78 is 13.3. The highest BCUT2D eigenvalue weighted by atomic mass is 19.1. The number of aliphatic hydroxyl groups excluding tert-OH is 1. The van der Waals surface area contributed by atoms with Crippen LogP contribution < -0.4 is 10.6 Å². The van der Waals surface area contributed by atoms with Gasteiger partial charge in [0.25, 0.3) is 5.91 Å². The van der Waals surface area contributed by atoms with E-state index in [1.165, 1.54) is 6.20 Å². The molecule has 1 saturated heterocycles. The third-order valence-electron chi connectivity index (χ3n) is 4.20. The fraction of sp³-hybridized carbons (Fsp3) is 0.294. The van der Waals surface area contributed by atoms with Gasteiger partial charge in [-0.1, -0.05) is 30.3 Å². The standard InChI is InChI=1S/C17H18FN3O2/c18-14-8-12(9-20-10-14)16(23)21-17(6-7-19-11-15(17)22)13-4-2-1-3-5-13/h1-5,8-10,15,19,22H,6-7,11H2,(H,21,23)/t15-,17+/m1/s1. The van der Waals surface area contributed by atoms with Crippen molar-refractivity contribution in [3.8, 4) is 0 Å². The van der Waals surface area contributed by atoms with E-state index in [1.807, 2.05) is 30.3 Å². The Morgan fingerprint density at radius 2 is 2.13 bits per heavy atom. The fourth-order valence-electron chi connectivity index (χ4n) is 2.97. The minimum absolute atomic E-state index is 0.131. The van der Waals surface area contributed by atoms with Gasteiger partial charge in [-0.3, -0.25) is 9.78 Å². The number of piperidine rings is 1. The molecule has 0 saturated carbocycles. The molecular weight excluding hydrogens is 297 g/mol. The Morgan fingerprint density at radius 1 is 1.35 bits per heavy atom. The first-order chi connectivity index (χ1) is 11.1. The number of amides is 1. The Morgan fingerprint density at radius 3 is 2.83 bits per heavy atom. The highest BCUT2D eigenvalue weighted by Crippen LogP contribution is 2.31. The smallest absolute Gasteiger partial charge is 0.253 e. The van der Waals surface area contributed by atoms with Gasteiger partial charge in [-0.15, -0.1) is 0 Å². The molecule has 3 N–H and O–H groups in total. The van der Waals surface area contributed by atoms with Gasteiger partial charge in [0, 0.05) is 12.7 Å². The van der Waals surface area contributed by atoms with Gasteiger partial charge in [0.1, 0.15) is 5.82 Å². The molecule has 2 heterocycles. The molecule has 0 aliphatic carbocycles. The number of hydrogen-bond donors (Lipinski definition) is 3. The second-order valence-electron chi connectivity index (χ2n) is 5.65. The van der Waals surface area contributed by atoms with E-state index in [9.17, 15) is 14.3 Å². The summed E-state index contributed by atoms with van der Waals surface area (Å²) in [6, 6.07) is 10.5. The van der Waals surface area contributed by atoms with Crippen LogP contribution in [-0.2, 0) is 5.54 Å². The number of carbonyl (C=O) groups is 1. The second kappa shape index (κ2) is 6.44. The van der Waals surface area contributed by atoms with Crippen molar-refractivity contribution in [2.75, 3.05) is 13.1 Å². The van der Waals surface area contributed by atoms with E-state index in [0.29, 0.717) is 19.5 Å². The predicted molar refractivity (Wildman–Crippen MR) is 83.3 cm³/mol. The molecule has 23 heavy (non-hydrogen) atoms. The van der Waals surface area contributed by atoms with Crippen LogP contribution in [0.3, 0.4) is 0 Å². The molecule has 1 aliphatic heterocycles. The van der Waals surface area contributed by atoms with Crippen LogP contribution in [0.15, 0.2) is 48.8 Å². The van der Waals surface area contributed by atoms with Gasteiger partial charge in [0.05, 0.1) is 23.4 Å². The molecule has 1 aromatic heterocycles. The Labute approximate surface area is 133 Å². The van der Waals surface area contributed by atoms with Crippen molar-refractivity contribution in [3.63, 3.8) is 0 Å². The van der Waals surface area contributed by atoms with Gasteiger partial charge < -0.3 is 15.7 Å². The summed E-state index contributed by atoms with van der Waals surface area (Å²) in [5.41, 5.74) is 0.0494. The van der Waals surface area contributed by atoms with E-state index < -0.39 is 23.4 Å². The maximum Gasteiger partial charge on any atom is 0.253 e. The molecule has 0 spiro atoms. The first kappa shape index (κ1) is 15.6. The first-order valence-electron chi connectivity index (χ1n) is 7.49. The van der Waals surface area contributed by atoms with Crippen molar-refractivity contribution >= 4 is 5.91 Å². The predicted octanol–water partition coefficient (Wildman–Crippen LogP) is 1.20. The van der Waals surface area contributed by atoms with Crippen molar-refractivity contribution in [2.45, 2.75) is 18.1 Å². The summed E-state index contributed by atoms with van der Waals surface area (Å²) in [5.74, 6) is -1.03. The molecule has 6 heteroatoms. The lowest BCUT2D eigenvalue weighted by molar-refractivity contribution is 0.0289. The van der Waals surface area contributed by atoms with E-state index in [-0.39, 0.29) is 5.56 Å². The summed E-state index contributed by atoms with van der Waals surface area (Å²) >= 11 is 0. The summed E-state index contributed by atoms with van der Waals surface area (Å²) in [6.07, 6.45) is 2.10. The third kappa shape index (κ3) is 3.09. The van der Waals surface area contributed by atoms with Crippen molar-refractivity contribution in [1.82, 2.24) is 15.6 Å². The monoisotopic (exact) mass is 315 g/mol. The van der Waals surface area contributed by atoms with Gasteiger partial charge >= 0.3 is 0 Å². The largest absolute Gasteiger partial charge is 0.389 e. The highest BCUT2D eigenvalue weighted by Gasteiger charge is 2.42. The van der Waals surface area contributed by atoms with Crippen molar-refractivity contribution in [3.05, 3.63) is 65.7 Å². The van der Waals surface area contributed by atoms with E-state index in [2.05, 4.69) is 15.6 Å². The zero-order valence-corrected chi connectivity index (χ0v) is 12.5. The van der Waals surface area contributed by atoms with E-state index >= 15 is 0 Å². The third-order valence-corrected chi connectivity index (χ3v) is 4.20. The fourth-order valence-corrected chi connectivity index (χ4v) is 2.97. The lowest BCUT2D eigenvalue weighted by Crippen LogP contribution is -2.61. The van der Waals surface area contributed by atoms with Crippen LogP contribution in [0.4, 0.5) is 4.39 Å². The number of β-amino-alcohol motifs (C(OH)–C–C–N with tert-alkyl or cyclic N) is 1. The van der Waals surface area contributed by atoms with E-state index in [0.717, 1.165) is 17.8 Å². The number of benzene rings is 1. The average molecular weight is 315 g/mol. The number of nitrogens with one attached hydrogen (secondary N) is 2. The summed E-state index contributed by atoms with van der Waals surface area (Å²) in [6.45, 7) is 1.03. The average Bonchev–Trinajstić information content (AvgIpc) is 2.58. The van der Waals surface area contributed by atoms with Crippen LogP contribution in [0.25, 0.3) is 0 Å². The Hall–Kier alpha value is -2.31. The number of halogens is 1. The van der Waals surface area contributed by atoms with Crippen LogP contribution in [0.1, 0.15) is 22.3 Å². The van der Waals surface area contributed by atoms with Gasteiger partial charge in [-0.25, -0.2) is 4.39 Å². The van der Waals surface area contributed by atoms with Crippen LogP contribution in [0.2, 0.25) is 0 Å². The minimum Gasteiger partial charge on any atom is -0.389 e. The molecule has 2 atom stereocenters. The molecule has 1 amide bonds. The molecule has 2 aromatic rings. The molecule has 120 valence electrons. The van der Waals surface area contributed by atoms with Crippen LogP contribution in [-0.4, -0.2) is 35.2 Å². The lowest BCUT2D eigenvalue weighted by Gasteiger charge is -2.43. The first-order valence-corrected chi connectivity index (χ1v) is 7.49. The molecule has 0 bridgehead atoms. The molecule has 1 fully saturated rings. The summed E-state index contributed by atoms with van der Waals surface area (Å²) in [4.78, 5) is 16.2. The minimum atomic E-state index is -0.907. The normalized spacial score (nSPS) is 24.2. The number of aromatic nitrogens is 1. The van der Waals surface area contributed by atoms with E-state index in [1.54, 1.807) is 0 Å². The SMILES string of the molecule is O=C(N[C@]1(c2ccccc2)CCNC[C@H]1O)c1cncc(F)c1. The number of carbonyl (C=O) groups excluding carboxylic acids is 1. The maximum atomic E-state index is 13.3. The highest BCUT2D eigenvalue weighted by molar-refractivity contribution is 5.94. The topological polar surface area (TPSA) is 74.2 Å². The lowest BCUT2D eigenvalue weighted by atomic mass is 9.79. The summed E-state index contributed by atoms with van der Waals surface area (Å²) in [5, 5.41) is 16.6. The molecular formula is C17H18FN3O2. The van der Waals surface area contributed by atoms with E-state index in [4.69, 9.17) is 0 Å². The number of aliphatic hydroxyl groups is 1. The van der Waals surface area contributed by atoms with Crippen molar-refractivity contribution in [2.24, 2.45) is 0 Å². The molecule has 3 rings (SSSR count). The van der Waals surface area contributed by atoms with Gasteiger partial charge in [0.15, 0.2) is 0 Å². The number of hydrogen-bond acceptors (Lipinski definition) is 4. The van der Waals surface area contributed by atoms with Crippen LogP contribution in [0.5, 0.6) is 0 Å². The van der Waals surface area contributed by atoms with Gasteiger partial charge in [-0.05, 0) is 24.6 Å². The number of rotatable bonds is 3. The van der Waals surface area contributed by atoms with Crippen molar-refractivity contribution in [1.29, 1.82) is 0 Å². The van der Waals surface area contributed by atoms with Crippen molar-refractivity contribution < 1.29 is 14.3 Å². The zero-order chi connectivity index (χ0) is 16.3. The van der Waals surface area contributed by atoms with Gasteiger partial charge in [0.2, 0.25) is 0 Å². The van der Waals surface area contributed by atoms with Crippen LogP contribution in [0, 0.1) is 5.82 Å². The molecule has 0 unspecified atom stereocenters. The summed E-state index contributed by atoms with van der Waals surface area (Å²) in [7, 11) is 0. The Bertz CT molecular complexity index is 695. The molecule has 1 aromatic carbocycles.